The molecular weight excluding hydrogens is 378 g/mol. The lowest BCUT2D eigenvalue weighted by Gasteiger charge is -2.30. The molecule has 2 aliphatic rings. The van der Waals surface area contributed by atoms with Crippen molar-refractivity contribution in [2.75, 3.05) is 0 Å². The molecule has 0 radical (unpaired) electrons. The predicted molar refractivity (Wildman–Crippen MR) is 116 cm³/mol. The number of aromatic nitrogens is 2. The first kappa shape index (κ1) is 20.6. The normalized spacial score (nSPS) is 19.0. The summed E-state index contributed by atoms with van der Waals surface area (Å²) >= 11 is 0. The highest BCUT2D eigenvalue weighted by molar-refractivity contribution is 5.92. The molecular formula is C24H31N3O3. The highest BCUT2D eigenvalue weighted by Gasteiger charge is 2.36. The van der Waals surface area contributed by atoms with Crippen LogP contribution in [-0.2, 0) is 12.0 Å². The summed E-state index contributed by atoms with van der Waals surface area (Å²) in [6.07, 6.45) is 10.9. The molecule has 0 aliphatic heterocycles. The summed E-state index contributed by atoms with van der Waals surface area (Å²) in [5.41, 5.74) is 1.46. The molecule has 1 amide bonds. The number of nitrogens with one attached hydrogen (secondary N) is 1. The summed E-state index contributed by atoms with van der Waals surface area (Å²) in [7, 11) is 0. The maximum Gasteiger partial charge on any atom is 0.276 e. The predicted octanol–water partition coefficient (Wildman–Crippen LogP) is 3.83. The van der Waals surface area contributed by atoms with Gasteiger partial charge >= 0.3 is 0 Å². The fraction of sp³-hybridized carbons (Fsp3) is 0.542. The molecule has 6 heteroatoms. The van der Waals surface area contributed by atoms with E-state index in [9.17, 15) is 14.7 Å². The summed E-state index contributed by atoms with van der Waals surface area (Å²) in [4.78, 5) is 25.2. The zero-order chi connectivity index (χ0) is 21.1. The fourth-order valence-corrected chi connectivity index (χ4v) is 5.13. The van der Waals surface area contributed by atoms with Gasteiger partial charge in [-0.05, 0) is 38.2 Å². The van der Waals surface area contributed by atoms with Crippen LogP contribution in [0.5, 0.6) is 5.75 Å². The molecule has 2 fully saturated rings. The van der Waals surface area contributed by atoms with Gasteiger partial charge in [0.15, 0.2) is 11.4 Å². The van der Waals surface area contributed by atoms with Crippen LogP contribution in [0.25, 0.3) is 0 Å². The third-order valence-corrected chi connectivity index (χ3v) is 6.76. The number of carbonyl (C=O) groups is 1. The van der Waals surface area contributed by atoms with Crippen molar-refractivity contribution >= 4 is 5.91 Å². The highest BCUT2D eigenvalue weighted by Crippen LogP contribution is 2.42. The number of hydrogen-bond acceptors (Lipinski definition) is 4. The van der Waals surface area contributed by atoms with Gasteiger partial charge in [-0.1, -0.05) is 61.9 Å². The minimum Gasteiger partial charge on any atom is -0.503 e. The molecule has 2 saturated carbocycles. The number of rotatable bonds is 5. The lowest BCUT2D eigenvalue weighted by Crippen LogP contribution is -2.40. The van der Waals surface area contributed by atoms with E-state index in [-0.39, 0.29) is 17.2 Å². The van der Waals surface area contributed by atoms with Gasteiger partial charge in [-0.3, -0.25) is 14.3 Å². The van der Waals surface area contributed by atoms with Crippen LogP contribution in [-0.4, -0.2) is 26.8 Å². The third kappa shape index (κ3) is 4.27. The number of aromatic hydroxyl groups is 1. The Kier molecular flexibility index (Phi) is 5.93. The molecule has 0 saturated heterocycles. The first-order chi connectivity index (χ1) is 14.5. The molecule has 0 spiro atoms. The molecule has 0 atom stereocenters. The van der Waals surface area contributed by atoms with Crippen molar-refractivity contribution in [1.29, 1.82) is 0 Å². The molecule has 160 valence electrons. The standard InChI is InChI=1S/C24H31N3O3/c1-17-8-7-9-18(14-17)24(12-5-6-13-24)16-27-15-20(28)22(29)21(26-27)23(30)25-19-10-3-2-4-11-19/h7-9,14-15,19,28H,2-6,10-13,16H2,1H3,(H,25,30). The van der Waals surface area contributed by atoms with Crippen LogP contribution in [0.15, 0.2) is 35.3 Å². The van der Waals surface area contributed by atoms with Gasteiger partial charge in [0.25, 0.3) is 11.3 Å². The average Bonchev–Trinajstić information content (AvgIpc) is 3.21. The Bertz CT molecular complexity index is 970. The van der Waals surface area contributed by atoms with Crippen molar-refractivity contribution in [3.05, 3.63) is 57.5 Å². The monoisotopic (exact) mass is 409 g/mol. The summed E-state index contributed by atoms with van der Waals surface area (Å²) in [6, 6.07) is 8.60. The van der Waals surface area contributed by atoms with E-state index in [0.29, 0.717) is 6.54 Å². The van der Waals surface area contributed by atoms with E-state index >= 15 is 0 Å². The number of aryl methyl sites for hydroxylation is 1. The fourth-order valence-electron chi connectivity index (χ4n) is 5.13. The van der Waals surface area contributed by atoms with Gasteiger partial charge in [0.2, 0.25) is 0 Å². The van der Waals surface area contributed by atoms with Crippen molar-refractivity contribution in [3.8, 4) is 5.75 Å². The number of hydrogen-bond donors (Lipinski definition) is 2. The van der Waals surface area contributed by atoms with Crippen LogP contribution >= 0.6 is 0 Å². The van der Waals surface area contributed by atoms with Crippen molar-refractivity contribution in [1.82, 2.24) is 15.1 Å². The number of carbonyl (C=O) groups excluding carboxylic acids is 1. The van der Waals surface area contributed by atoms with Crippen LogP contribution in [0.2, 0.25) is 0 Å². The first-order valence-electron chi connectivity index (χ1n) is 11.2. The second-order valence-corrected chi connectivity index (χ2v) is 9.05. The Balaban J connectivity index is 1.62. The lowest BCUT2D eigenvalue weighted by molar-refractivity contribution is 0.0917. The maximum absolute atomic E-state index is 12.8. The molecule has 0 unspecified atom stereocenters. The topological polar surface area (TPSA) is 84.2 Å². The highest BCUT2D eigenvalue weighted by atomic mass is 16.3. The van der Waals surface area contributed by atoms with Crippen LogP contribution in [0.4, 0.5) is 0 Å². The molecule has 2 aliphatic carbocycles. The largest absolute Gasteiger partial charge is 0.503 e. The van der Waals surface area contributed by atoms with Gasteiger partial charge in [0.05, 0.1) is 12.7 Å². The second-order valence-electron chi connectivity index (χ2n) is 9.05. The SMILES string of the molecule is Cc1cccc(C2(Cn3cc(O)c(=O)c(C(=O)NC4CCCCC4)n3)CCCC2)c1. The van der Waals surface area contributed by atoms with E-state index in [0.717, 1.165) is 51.4 Å². The zero-order valence-electron chi connectivity index (χ0n) is 17.7. The van der Waals surface area contributed by atoms with Crippen molar-refractivity contribution in [2.24, 2.45) is 0 Å². The Hall–Kier alpha value is -2.63. The maximum atomic E-state index is 12.8. The van der Waals surface area contributed by atoms with E-state index in [4.69, 9.17) is 0 Å². The van der Waals surface area contributed by atoms with Crippen LogP contribution in [0, 0.1) is 6.92 Å². The zero-order valence-corrected chi connectivity index (χ0v) is 17.7. The lowest BCUT2D eigenvalue weighted by atomic mass is 9.78. The van der Waals surface area contributed by atoms with Crippen LogP contribution in [0.3, 0.4) is 0 Å². The minimum absolute atomic E-state index is 0.0803. The van der Waals surface area contributed by atoms with Gasteiger partial charge in [0.1, 0.15) is 0 Å². The molecule has 30 heavy (non-hydrogen) atoms. The minimum atomic E-state index is -0.699. The van der Waals surface area contributed by atoms with E-state index in [1.807, 2.05) is 0 Å². The molecule has 1 heterocycles. The molecule has 1 aromatic heterocycles. The van der Waals surface area contributed by atoms with E-state index in [1.165, 1.54) is 23.7 Å². The smallest absolute Gasteiger partial charge is 0.276 e. The Morgan fingerprint density at radius 3 is 2.63 bits per heavy atom. The summed E-state index contributed by atoms with van der Waals surface area (Å²) in [5, 5.41) is 17.6. The molecule has 1 aromatic carbocycles. The summed E-state index contributed by atoms with van der Waals surface area (Å²) in [6.45, 7) is 2.62. The summed E-state index contributed by atoms with van der Waals surface area (Å²) in [5.74, 6) is -0.899. The molecule has 2 aromatic rings. The number of nitrogens with zero attached hydrogens (tertiary/aromatic N) is 2. The van der Waals surface area contributed by atoms with Gasteiger partial charge in [-0.15, -0.1) is 0 Å². The number of amides is 1. The number of benzene rings is 1. The van der Waals surface area contributed by atoms with Crippen molar-refractivity contribution in [3.63, 3.8) is 0 Å². The van der Waals surface area contributed by atoms with Crippen LogP contribution in [0.1, 0.15) is 79.4 Å². The van der Waals surface area contributed by atoms with E-state index in [2.05, 4.69) is 41.6 Å². The Morgan fingerprint density at radius 2 is 1.93 bits per heavy atom. The first-order valence-corrected chi connectivity index (χ1v) is 11.2. The van der Waals surface area contributed by atoms with Crippen molar-refractivity contribution < 1.29 is 9.90 Å². The molecule has 0 bridgehead atoms. The third-order valence-electron chi connectivity index (χ3n) is 6.76. The van der Waals surface area contributed by atoms with E-state index in [1.54, 1.807) is 4.68 Å². The van der Waals surface area contributed by atoms with Gasteiger partial charge in [0, 0.05) is 11.5 Å². The quantitative estimate of drug-likeness (QED) is 0.786. The molecule has 6 nitrogen and oxygen atoms in total. The van der Waals surface area contributed by atoms with Gasteiger partial charge in [-0.2, -0.15) is 5.10 Å². The van der Waals surface area contributed by atoms with Gasteiger partial charge < -0.3 is 10.4 Å². The van der Waals surface area contributed by atoms with Crippen molar-refractivity contribution in [2.45, 2.75) is 82.7 Å². The van der Waals surface area contributed by atoms with Crippen LogP contribution < -0.4 is 10.7 Å². The average molecular weight is 410 g/mol. The second kappa shape index (κ2) is 8.62. The van der Waals surface area contributed by atoms with Gasteiger partial charge in [-0.25, -0.2) is 0 Å². The molecule has 2 N–H and O–H groups in total. The Morgan fingerprint density at radius 1 is 1.20 bits per heavy atom. The van der Waals surface area contributed by atoms with E-state index < -0.39 is 17.1 Å². The summed E-state index contributed by atoms with van der Waals surface area (Å²) < 4.78 is 1.60. The Labute approximate surface area is 177 Å². The molecule has 4 rings (SSSR count).